The van der Waals surface area contributed by atoms with Gasteiger partial charge in [0, 0.05) is 17.7 Å². The van der Waals surface area contributed by atoms with E-state index in [0.717, 1.165) is 12.8 Å². The highest BCUT2D eigenvalue weighted by Crippen LogP contribution is 1.88. The van der Waals surface area contributed by atoms with Crippen LogP contribution in [0.4, 0.5) is 0 Å². The summed E-state index contributed by atoms with van der Waals surface area (Å²) in [7, 11) is 0. The molecule has 2 nitrogen and oxygen atoms in total. The summed E-state index contributed by atoms with van der Waals surface area (Å²) >= 11 is 0. The number of aromatic nitrogens is 1. The fourth-order valence-electron chi connectivity index (χ4n) is 0.818. The van der Waals surface area contributed by atoms with Crippen molar-refractivity contribution in [1.29, 1.82) is 0 Å². The lowest BCUT2D eigenvalue weighted by Crippen LogP contribution is -3.00. The number of nitrogens with zero attached hydrogens (tertiary/aromatic N) is 1. The van der Waals surface area contributed by atoms with Gasteiger partial charge in [0.25, 0.3) is 0 Å². The number of rotatable bonds is 3. The van der Waals surface area contributed by atoms with Gasteiger partial charge in [-0.3, -0.25) is 4.79 Å². The van der Waals surface area contributed by atoms with Crippen LogP contribution in [0.1, 0.15) is 10.4 Å². The second-order valence-electron chi connectivity index (χ2n) is 2.23. The molecule has 1 heterocycles. The van der Waals surface area contributed by atoms with Crippen molar-refractivity contribution in [1.82, 2.24) is 0 Å². The Morgan fingerprint density at radius 3 is 2.42 bits per heavy atom. The molecule has 0 aliphatic carbocycles. The van der Waals surface area contributed by atoms with Crippen molar-refractivity contribution < 1.29 is 26.3 Å². The van der Waals surface area contributed by atoms with Gasteiger partial charge in [-0.2, -0.15) is 0 Å². The smallest absolute Gasteiger partial charge is 0.169 e. The van der Waals surface area contributed by atoms with E-state index in [-0.39, 0.29) is 17.0 Å². The van der Waals surface area contributed by atoms with Gasteiger partial charge in [-0.15, -0.1) is 0 Å². The highest BCUT2D eigenvalue weighted by Gasteiger charge is 1.95. The summed E-state index contributed by atoms with van der Waals surface area (Å²) in [5.41, 5.74) is 0.699. The molecule has 12 heavy (non-hydrogen) atoms. The predicted octanol–water partition coefficient (Wildman–Crippen LogP) is -2.02. The van der Waals surface area contributed by atoms with Crippen molar-refractivity contribution in [3.05, 3.63) is 42.7 Å². The van der Waals surface area contributed by atoms with Crippen LogP contribution in [0.15, 0.2) is 37.2 Å². The Morgan fingerprint density at radius 1 is 1.42 bits per heavy atom. The predicted molar refractivity (Wildman–Crippen MR) is 42.2 cm³/mol. The van der Waals surface area contributed by atoms with E-state index in [9.17, 15) is 4.79 Å². The van der Waals surface area contributed by atoms with Crippen LogP contribution in [0, 0.1) is 0 Å². The van der Waals surface area contributed by atoms with Crippen molar-refractivity contribution in [2.45, 2.75) is 6.54 Å². The lowest BCUT2D eigenvalue weighted by atomic mass is 10.3. The molecule has 0 N–H and O–H groups in total. The standard InChI is InChI=1S/C9H10NO.BrH/c1-2-5-10-6-3-9(8-11)4-7-10;/h2-4,6-8H,1,5H2;1H/q+1;/p-1. The van der Waals surface area contributed by atoms with E-state index >= 15 is 0 Å². The van der Waals surface area contributed by atoms with E-state index in [1.54, 1.807) is 18.2 Å². The molecule has 0 atom stereocenters. The number of halogens is 1. The number of pyridine rings is 1. The Kier molecular flexibility index (Phi) is 5.21. The Hall–Kier alpha value is -0.960. The summed E-state index contributed by atoms with van der Waals surface area (Å²) in [6.45, 7) is 4.39. The second-order valence-corrected chi connectivity index (χ2v) is 2.23. The van der Waals surface area contributed by atoms with Gasteiger partial charge in [0.1, 0.15) is 0 Å². The van der Waals surface area contributed by atoms with Gasteiger partial charge >= 0.3 is 0 Å². The Morgan fingerprint density at radius 2 is 2.00 bits per heavy atom. The van der Waals surface area contributed by atoms with E-state index in [2.05, 4.69) is 6.58 Å². The SMILES string of the molecule is C=CC[n+]1ccc(C=O)cc1.[Br-]. The summed E-state index contributed by atoms with van der Waals surface area (Å²) in [5.74, 6) is 0. The number of carbonyl (C=O) groups is 1. The topological polar surface area (TPSA) is 20.9 Å². The minimum atomic E-state index is 0. The maximum Gasteiger partial charge on any atom is 0.169 e. The molecular weight excluding hydrogens is 218 g/mol. The van der Waals surface area contributed by atoms with Crippen molar-refractivity contribution in [3.8, 4) is 0 Å². The first-order valence-corrected chi connectivity index (χ1v) is 3.42. The highest BCUT2D eigenvalue weighted by molar-refractivity contribution is 5.73. The van der Waals surface area contributed by atoms with E-state index in [1.807, 2.05) is 17.0 Å². The van der Waals surface area contributed by atoms with Crippen molar-refractivity contribution >= 4 is 6.29 Å². The number of carbonyl (C=O) groups excluding carboxylic acids is 1. The first kappa shape index (κ1) is 11.0. The molecule has 0 aliphatic rings. The summed E-state index contributed by atoms with van der Waals surface area (Å²) < 4.78 is 1.94. The fraction of sp³-hybridized carbons (Fsp3) is 0.111. The number of allylic oxidation sites excluding steroid dienone is 1. The molecule has 0 aliphatic heterocycles. The summed E-state index contributed by atoms with van der Waals surface area (Å²) in [5, 5.41) is 0. The number of aldehydes is 1. The first-order valence-electron chi connectivity index (χ1n) is 3.42. The van der Waals surface area contributed by atoms with E-state index in [1.165, 1.54) is 0 Å². The highest BCUT2D eigenvalue weighted by atomic mass is 79.9. The molecule has 0 bridgehead atoms. The normalized spacial score (nSPS) is 8.33. The van der Waals surface area contributed by atoms with Gasteiger partial charge in [0.15, 0.2) is 25.2 Å². The monoisotopic (exact) mass is 227 g/mol. The Balaban J connectivity index is 0.00000121. The Labute approximate surface area is 82.3 Å². The summed E-state index contributed by atoms with van der Waals surface area (Å²) in [4.78, 5) is 10.2. The number of hydrogen-bond acceptors (Lipinski definition) is 1. The van der Waals surface area contributed by atoms with Crippen LogP contribution in [0.25, 0.3) is 0 Å². The largest absolute Gasteiger partial charge is 1.00 e. The van der Waals surface area contributed by atoms with Crippen LogP contribution in [0.5, 0.6) is 0 Å². The molecule has 3 heteroatoms. The van der Waals surface area contributed by atoms with Gasteiger partial charge in [-0.05, 0) is 6.08 Å². The van der Waals surface area contributed by atoms with Gasteiger partial charge < -0.3 is 17.0 Å². The van der Waals surface area contributed by atoms with E-state index < -0.39 is 0 Å². The molecule has 64 valence electrons. The van der Waals surface area contributed by atoms with Crippen LogP contribution in [-0.2, 0) is 6.54 Å². The van der Waals surface area contributed by atoms with Crippen LogP contribution < -0.4 is 21.5 Å². The third-order valence-electron chi connectivity index (χ3n) is 1.39. The first-order chi connectivity index (χ1) is 5.36. The van der Waals surface area contributed by atoms with Crippen LogP contribution >= 0.6 is 0 Å². The summed E-state index contributed by atoms with van der Waals surface area (Å²) in [6.07, 6.45) is 6.34. The molecule has 1 aromatic heterocycles. The molecular formula is C9H10BrNO. The molecule has 0 saturated carbocycles. The molecule has 0 saturated heterocycles. The zero-order valence-electron chi connectivity index (χ0n) is 6.61. The Bertz CT molecular complexity index is 256. The van der Waals surface area contributed by atoms with Gasteiger partial charge in [-0.1, -0.05) is 6.58 Å². The zero-order valence-corrected chi connectivity index (χ0v) is 8.20. The zero-order chi connectivity index (χ0) is 8.10. The molecule has 0 radical (unpaired) electrons. The maximum atomic E-state index is 10.2. The van der Waals surface area contributed by atoms with E-state index in [4.69, 9.17) is 0 Å². The van der Waals surface area contributed by atoms with Gasteiger partial charge in [0.2, 0.25) is 0 Å². The quantitative estimate of drug-likeness (QED) is 0.332. The molecule has 0 fully saturated rings. The molecule has 0 spiro atoms. The van der Waals surface area contributed by atoms with Crippen molar-refractivity contribution in [2.75, 3.05) is 0 Å². The fourth-order valence-corrected chi connectivity index (χ4v) is 0.818. The lowest BCUT2D eigenvalue weighted by molar-refractivity contribution is -0.687. The second kappa shape index (κ2) is 5.66. The average molecular weight is 228 g/mol. The average Bonchev–Trinajstić information content (AvgIpc) is 2.07. The minimum Gasteiger partial charge on any atom is -1.00 e. The maximum absolute atomic E-state index is 10.2. The van der Waals surface area contributed by atoms with Gasteiger partial charge in [0.05, 0.1) is 0 Å². The molecule has 1 aromatic rings. The van der Waals surface area contributed by atoms with Crippen LogP contribution in [0.2, 0.25) is 0 Å². The van der Waals surface area contributed by atoms with Crippen molar-refractivity contribution in [3.63, 3.8) is 0 Å². The molecule has 0 amide bonds. The van der Waals surface area contributed by atoms with Gasteiger partial charge in [-0.25, -0.2) is 4.57 Å². The third-order valence-corrected chi connectivity index (χ3v) is 1.39. The molecule has 0 unspecified atom stereocenters. The van der Waals surface area contributed by atoms with Crippen LogP contribution in [-0.4, -0.2) is 6.29 Å². The number of hydrogen-bond donors (Lipinski definition) is 0. The molecule has 0 aromatic carbocycles. The van der Waals surface area contributed by atoms with Crippen LogP contribution in [0.3, 0.4) is 0 Å². The van der Waals surface area contributed by atoms with Crippen molar-refractivity contribution in [2.24, 2.45) is 0 Å². The summed E-state index contributed by atoms with van der Waals surface area (Å²) in [6, 6.07) is 3.55. The molecule has 1 rings (SSSR count). The third kappa shape index (κ3) is 2.96. The van der Waals surface area contributed by atoms with E-state index in [0.29, 0.717) is 5.56 Å². The minimum absolute atomic E-state index is 0. The lowest BCUT2D eigenvalue weighted by Gasteiger charge is -1.89.